The minimum atomic E-state index is -0.227. The zero-order valence-corrected chi connectivity index (χ0v) is 17.7. The smallest absolute Gasteiger partial charge is 0.290 e. The lowest BCUT2D eigenvalue weighted by Crippen LogP contribution is -2.24. The number of aryl methyl sites for hydroxylation is 2. The molecule has 0 fully saturated rings. The Bertz CT molecular complexity index is 1000. The van der Waals surface area contributed by atoms with Crippen LogP contribution in [0.25, 0.3) is 0 Å². The van der Waals surface area contributed by atoms with E-state index in [1.165, 1.54) is 16.0 Å². The third-order valence-corrected chi connectivity index (χ3v) is 5.18. The maximum absolute atomic E-state index is 12.3. The van der Waals surface area contributed by atoms with Crippen LogP contribution in [0.5, 0.6) is 11.6 Å². The van der Waals surface area contributed by atoms with Gasteiger partial charge < -0.3 is 14.8 Å². The van der Waals surface area contributed by atoms with E-state index in [1.807, 2.05) is 19.1 Å². The van der Waals surface area contributed by atoms with Crippen LogP contribution >= 0.6 is 11.3 Å². The van der Waals surface area contributed by atoms with Crippen molar-refractivity contribution in [3.63, 3.8) is 0 Å². The van der Waals surface area contributed by atoms with Gasteiger partial charge in [0.05, 0.1) is 26.5 Å². The third kappa shape index (κ3) is 5.50. The minimum absolute atomic E-state index is 0.215. The van der Waals surface area contributed by atoms with E-state index < -0.39 is 0 Å². The Morgan fingerprint density at radius 3 is 2.79 bits per heavy atom. The Morgan fingerprint density at radius 2 is 2.14 bits per heavy atom. The highest BCUT2D eigenvalue weighted by atomic mass is 32.1. The molecule has 0 unspecified atom stereocenters. The zero-order chi connectivity index (χ0) is 20.8. The number of nitrogens with one attached hydrogen (secondary N) is 1. The van der Waals surface area contributed by atoms with Crippen LogP contribution in [-0.4, -0.2) is 38.7 Å². The molecule has 154 valence electrons. The first kappa shape index (κ1) is 20.7. The van der Waals surface area contributed by atoms with Crippen molar-refractivity contribution in [1.82, 2.24) is 25.0 Å². The van der Waals surface area contributed by atoms with Crippen LogP contribution in [0.3, 0.4) is 0 Å². The van der Waals surface area contributed by atoms with Crippen LogP contribution in [-0.2, 0) is 13.6 Å². The van der Waals surface area contributed by atoms with Crippen LogP contribution in [0.15, 0.2) is 29.2 Å². The molecule has 0 aliphatic carbocycles. The average Bonchev–Trinajstić information content (AvgIpc) is 3.14. The molecule has 0 spiro atoms. The summed E-state index contributed by atoms with van der Waals surface area (Å²) < 4.78 is 12.2. The molecule has 3 aromatic rings. The summed E-state index contributed by atoms with van der Waals surface area (Å²) >= 11 is 1.48. The van der Waals surface area contributed by atoms with E-state index in [0.717, 1.165) is 27.9 Å². The maximum atomic E-state index is 12.3. The predicted octanol–water partition coefficient (Wildman–Crippen LogP) is 2.53. The number of anilines is 1. The monoisotopic (exact) mass is 416 g/mol. The first-order valence-corrected chi connectivity index (χ1v) is 10.0. The standard InChI is InChI=1S/C19H24N6O3S/c1-12(15-6-5-14(27-4)10-20-15)7-8-28-17-9-16(19(26)25(3)24-17)21-11-18-23-22-13(2)29-18/h5-6,9-10,12,21H,7-8,11H2,1-4H3/t12-/m1/s1. The lowest BCUT2D eigenvalue weighted by molar-refractivity contribution is 0.281. The van der Waals surface area contributed by atoms with Crippen molar-refractivity contribution in [3.05, 3.63) is 50.5 Å². The summed E-state index contributed by atoms with van der Waals surface area (Å²) in [7, 11) is 3.21. The number of nitrogens with zero attached hydrogens (tertiary/aromatic N) is 5. The summed E-state index contributed by atoms with van der Waals surface area (Å²) in [6, 6.07) is 5.46. The highest BCUT2D eigenvalue weighted by Crippen LogP contribution is 2.20. The van der Waals surface area contributed by atoms with Gasteiger partial charge in [-0.15, -0.1) is 15.3 Å². The Morgan fingerprint density at radius 1 is 1.31 bits per heavy atom. The van der Waals surface area contributed by atoms with Gasteiger partial charge in [0.15, 0.2) is 0 Å². The van der Waals surface area contributed by atoms with Gasteiger partial charge in [-0.25, -0.2) is 4.68 Å². The second kappa shape index (κ2) is 9.46. The van der Waals surface area contributed by atoms with Crippen molar-refractivity contribution < 1.29 is 9.47 Å². The van der Waals surface area contributed by atoms with E-state index in [0.29, 0.717) is 24.7 Å². The molecule has 3 rings (SSSR count). The highest BCUT2D eigenvalue weighted by Gasteiger charge is 2.11. The molecular weight excluding hydrogens is 392 g/mol. The molecule has 0 radical (unpaired) electrons. The maximum Gasteiger partial charge on any atom is 0.290 e. The minimum Gasteiger partial charge on any atom is -0.495 e. The Labute approximate surface area is 172 Å². The van der Waals surface area contributed by atoms with Gasteiger partial charge in [-0.3, -0.25) is 9.78 Å². The molecule has 0 amide bonds. The molecule has 9 nitrogen and oxygen atoms in total. The first-order valence-electron chi connectivity index (χ1n) is 9.20. The van der Waals surface area contributed by atoms with Crippen LogP contribution < -0.4 is 20.3 Å². The number of ether oxygens (including phenoxy) is 2. The summed E-state index contributed by atoms with van der Waals surface area (Å²) in [6.45, 7) is 4.85. The summed E-state index contributed by atoms with van der Waals surface area (Å²) in [5.41, 5.74) is 1.15. The van der Waals surface area contributed by atoms with Gasteiger partial charge >= 0.3 is 0 Å². The first-order chi connectivity index (χ1) is 14.0. The molecule has 10 heteroatoms. The SMILES string of the molecule is COc1ccc([C@H](C)CCOc2cc(NCc3nnc(C)s3)c(=O)n(C)n2)nc1. The van der Waals surface area contributed by atoms with Crippen molar-refractivity contribution >= 4 is 17.0 Å². The van der Waals surface area contributed by atoms with Crippen LogP contribution in [0, 0.1) is 6.92 Å². The summed E-state index contributed by atoms with van der Waals surface area (Å²) in [5, 5.41) is 17.0. The molecule has 29 heavy (non-hydrogen) atoms. The Hall–Kier alpha value is -3.01. The second-order valence-corrected chi connectivity index (χ2v) is 7.82. The summed E-state index contributed by atoms with van der Waals surface area (Å²) in [6.07, 6.45) is 2.47. The number of hydrogen-bond donors (Lipinski definition) is 1. The van der Waals surface area contributed by atoms with E-state index >= 15 is 0 Å². The number of hydrogen-bond acceptors (Lipinski definition) is 9. The van der Waals surface area contributed by atoms with E-state index in [4.69, 9.17) is 9.47 Å². The van der Waals surface area contributed by atoms with Crippen LogP contribution in [0.2, 0.25) is 0 Å². The van der Waals surface area contributed by atoms with Crippen molar-refractivity contribution in [2.75, 3.05) is 19.0 Å². The molecule has 3 aromatic heterocycles. The van der Waals surface area contributed by atoms with Crippen molar-refractivity contribution in [1.29, 1.82) is 0 Å². The fraction of sp³-hybridized carbons (Fsp3) is 0.421. The highest BCUT2D eigenvalue weighted by molar-refractivity contribution is 7.11. The van der Waals surface area contributed by atoms with Gasteiger partial charge in [-0.05, 0) is 25.5 Å². The van der Waals surface area contributed by atoms with Gasteiger partial charge in [-0.2, -0.15) is 0 Å². The average molecular weight is 417 g/mol. The van der Waals surface area contributed by atoms with Crippen molar-refractivity contribution in [3.8, 4) is 11.6 Å². The molecule has 0 aromatic carbocycles. The molecule has 0 bridgehead atoms. The van der Waals surface area contributed by atoms with Gasteiger partial charge in [0.2, 0.25) is 5.88 Å². The van der Waals surface area contributed by atoms with E-state index in [-0.39, 0.29) is 11.5 Å². The largest absolute Gasteiger partial charge is 0.495 e. The van der Waals surface area contributed by atoms with Crippen LogP contribution in [0.1, 0.15) is 35.0 Å². The molecule has 1 N–H and O–H groups in total. The van der Waals surface area contributed by atoms with Crippen molar-refractivity contribution in [2.24, 2.45) is 7.05 Å². The molecule has 0 aliphatic rings. The topological polar surface area (TPSA) is 104 Å². The van der Waals surface area contributed by atoms with E-state index in [9.17, 15) is 4.79 Å². The molecule has 3 heterocycles. The van der Waals surface area contributed by atoms with E-state index in [1.54, 1.807) is 26.4 Å². The summed E-state index contributed by atoms with van der Waals surface area (Å²) in [4.78, 5) is 16.7. The normalized spacial score (nSPS) is 11.9. The Balaban J connectivity index is 1.58. The lowest BCUT2D eigenvalue weighted by Gasteiger charge is -2.13. The summed E-state index contributed by atoms with van der Waals surface area (Å²) in [5.74, 6) is 1.33. The second-order valence-electron chi connectivity index (χ2n) is 6.55. The molecule has 1 atom stereocenters. The lowest BCUT2D eigenvalue weighted by atomic mass is 10.0. The zero-order valence-electron chi connectivity index (χ0n) is 16.9. The fourth-order valence-electron chi connectivity index (χ4n) is 2.65. The van der Waals surface area contributed by atoms with Crippen molar-refractivity contribution in [2.45, 2.75) is 32.7 Å². The Kier molecular flexibility index (Phi) is 6.76. The molecule has 0 saturated carbocycles. The van der Waals surface area contributed by atoms with Gasteiger partial charge in [0, 0.05) is 24.7 Å². The van der Waals surface area contributed by atoms with Gasteiger partial charge in [-0.1, -0.05) is 18.3 Å². The van der Waals surface area contributed by atoms with Gasteiger partial charge in [0.1, 0.15) is 21.5 Å². The number of methoxy groups -OCH3 is 1. The fourth-order valence-corrected chi connectivity index (χ4v) is 3.30. The van der Waals surface area contributed by atoms with Crippen LogP contribution in [0.4, 0.5) is 5.69 Å². The van der Waals surface area contributed by atoms with E-state index in [2.05, 4.69) is 32.5 Å². The predicted molar refractivity (Wildman–Crippen MR) is 111 cm³/mol. The number of aromatic nitrogens is 5. The molecule has 0 aliphatic heterocycles. The molecular formula is C19H24N6O3S. The molecule has 0 saturated heterocycles. The van der Waals surface area contributed by atoms with Gasteiger partial charge in [0.25, 0.3) is 5.56 Å². The quantitative estimate of drug-likeness (QED) is 0.567. The number of rotatable bonds is 9. The third-order valence-electron chi connectivity index (χ3n) is 4.34. The number of pyridine rings is 1.